The highest BCUT2D eigenvalue weighted by Gasteiger charge is 2.26. The molecule has 0 radical (unpaired) electrons. The number of hydrogen-bond donors (Lipinski definition) is 1. The van der Waals surface area contributed by atoms with E-state index in [1.165, 1.54) is 25.7 Å². The van der Waals surface area contributed by atoms with Crippen LogP contribution in [0.4, 0.5) is 0 Å². The van der Waals surface area contributed by atoms with Crippen LogP contribution in [-0.2, 0) is 19.0 Å². The van der Waals surface area contributed by atoms with E-state index in [2.05, 4.69) is 13.8 Å². The Kier molecular flexibility index (Phi) is 17.0. The van der Waals surface area contributed by atoms with Crippen LogP contribution < -0.4 is 5.73 Å². The lowest BCUT2D eigenvalue weighted by molar-refractivity contribution is -0.108. The minimum atomic E-state index is -0.594. The molecule has 0 saturated heterocycles. The first-order chi connectivity index (χ1) is 11.7. The summed E-state index contributed by atoms with van der Waals surface area (Å²) in [7, 11) is 0. The average molecular weight is 346 g/mol. The largest absolute Gasteiger partial charge is 0.379 e. The second-order valence-corrected chi connectivity index (χ2v) is 6.60. The van der Waals surface area contributed by atoms with Gasteiger partial charge in [-0.2, -0.15) is 0 Å². The van der Waals surface area contributed by atoms with Gasteiger partial charge in [-0.15, -0.1) is 0 Å². The van der Waals surface area contributed by atoms with E-state index in [-0.39, 0.29) is 0 Å². The highest BCUT2D eigenvalue weighted by Crippen LogP contribution is 2.08. The smallest absolute Gasteiger partial charge is 0.119 e. The molecule has 0 spiro atoms. The minimum absolute atomic E-state index is 0.426. The molecule has 0 unspecified atom stereocenters. The number of carbonyl (C=O) groups is 1. The number of hydrogen-bond acceptors (Lipinski definition) is 5. The summed E-state index contributed by atoms with van der Waals surface area (Å²) in [6.45, 7) is 7.79. The molecular formula is C19H39NO4. The fourth-order valence-corrected chi connectivity index (χ4v) is 2.29. The molecule has 5 nitrogen and oxygen atoms in total. The van der Waals surface area contributed by atoms with Gasteiger partial charge in [0.05, 0.1) is 25.4 Å². The van der Waals surface area contributed by atoms with Crippen LogP contribution in [0.5, 0.6) is 0 Å². The lowest BCUT2D eigenvalue weighted by Crippen LogP contribution is -2.53. The van der Waals surface area contributed by atoms with Gasteiger partial charge < -0.3 is 24.7 Å². The van der Waals surface area contributed by atoms with E-state index in [4.69, 9.17) is 19.9 Å². The Labute approximate surface area is 148 Å². The molecule has 0 bridgehead atoms. The zero-order valence-corrected chi connectivity index (χ0v) is 15.9. The van der Waals surface area contributed by atoms with Gasteiger partial charge >= 0.3 is 0 Å². The van der Waals surface area contributed by atoms with E-state index in [1.54, 1.807) is 0 Å². The average Bonchev–Trinajstić information content (AvgIpc) is 2.58. The van der Waals surface area contributed by atoms with Crippen molar-refractivity contribution < 1.29 is 19.0 Å². The van der Waals surface area contributed by atoms with Gasteiger partial charge in [-0.25, -0.2) is 0 Å². The van der Waals surface area contributed by atoms with E-state index in [0.717, 1.165) is 45.2 Å². The summed E-state index contributed by atoms with van der Waals surface area (Å²) in [6, 6.07) is 0. The molecule has 0 aromatic heterocycles. The van der Waals surface area contributed by atoms with Crippen LogP contribution in [0, 0.1) is 0 Å². The molecule has 0 saturated carbocycles. The van der Waals surface area contributed by atoms with Crippen LogP contribution in [0.15, 0.2) is 0 Å². The predicted octanol–water partition coefficient (Wildman–Crippen LogP) is 3.48. The number of nitrogens with two attached hydrogens (primary N) is 1. The van der Waals surface area contributed by atoms with Crippen molar-refractivity contribution in [2.24, 2.45) is 5.73 Å². The Hall–Kier alpha value is -0.490. The Morgan fingerprint density at radius 1 is 0.750 bits per heavy atom. The van der Waals surface area contributed by atoms with Crippen LogP contribution in [0.3, 0.4) is 0 Å². The van der Waals surface area contributed by atoms with Crippen molar-refractivity contribution in [1.29, 1.82) is 0 Å². The van der Waals surface area contributed by atoms with Crippen molar-refractivity contribution in [2.45, 2.75) is 77.2 Å². The van der Waals surface area contributed by atoms with Crippen molar-refractivity contribution in [3.8, 4) is 0 Å². The molecule has 5 heteroatoms. The van der Waals surface area contributed by atoms with Crippen molar-refractivity contribution in [3.63, 3.8) is 0 Å². The van der Waals surface area contributed by atoms with Gasteiger partial charge in [0.1, 0.15) is 6.29 Å². The number of unbranched alkanes of at least 4 members (excludes halogenated alkanes) is 6. The third-order valence-electron chi connectivity index (χ3n) is 3.81. The third kappa shape index (κ3) is 15.1. The molecule has 0 amide bonds. The number of carbonyl (C=O) groups excluding carboxylic acids is 1. The quantitative estimate of drug-likeness (QED) is 0.287. The third-order valence-corrected chi connectivity index (χ3v) is 3.81. The van der Waals surface area contributed by atoms with Gasteiger partial charge in [0, 0.05) is 26.2 Å². The van der Waals surface area contributed by atoms with E-state index in [0.29, 0.717) is 32.8 Å². The topological polar surface area (TPSA) is 70.8 Å². The first-order valence-electron chi connectivity index (χ1n) is 9.64. The molecule has 0 aliphatic rings. The van der Waals surface area contributed by atoms with Gasteiger partial charge in [0.2, 0.25) is 0 Å². The van der Waals surface area contributed by atoms with Crippen LogP contribution in [0.1, 0.15) is 71.6 Å². The first kappa shape index (κ1) is 23.5. The predicted molar refractivity (Wildman–Crippen MR) is 98.3 cm³/mol. The summed E-state index contributed by atoms with van der Waals surface area (Å²) < 4.78 is 17.2. The summed E-state index contributed by atoms with van der Waals surface area (Å²) in [5, 5.41) is 0. The molecule has 0 rings (SSSR count). The Bertz CT molecular complexity index is 260. The standard InChI is InChI=1S/C19H39NO4/c1-3-5-9-13-22-16-19(20,17-23-14-10-6-4-2)18-24-15-11-7-8-12-21/h12H,3-11,13-18,20H2,1-2H3. The van der Waals surface area contributed by atoms with Crippen molar-refractivity contribution in [2.75, 3.05) is 39.6 Å². The molecular weight excluding hydrogens is 306 g/mol. The SMILES string of the molecule is CCCCCOCC(N)(COCCCCC)COCCCCC=O. The minimum Gasteiger partial charge on any atom is -0.379 e. The molecule has 0 fully saturated rings. The molecule has 24 heavy (non-hydrogen) atoms. The van der Waals surface area contributed by atoms with E-state index < -0.39 is 5.54 Å². The second kappa shape index (κ2) is 17.3. The van der Waals surface area contributed by atoms with Gasteiger partial charge in [-0.1, -0.05) is 39.5 Å². The summed E-state index contributed by atoms with van der Waals surface area (Å²) in [6.07, 6.45) is 10.1. The highest BCUT2D eigenvalue weighted by atomic mass is 16.5. The van der Waals surface area contributed by atoms with E-state index in [1.807, 2.05) is 0 Å². The maximum absolute atomic E-state index is 10.3. The second-order valence-electron chi connectivity index (χ2n) is 6.60. The molecule has 0 aliphatic carbocycles. The van der Waals surface area contributed by atoms with Crippen LogP contribution in [0.25, 0.3) is 0 Å². The Balaban J connectivity index is 4.02. The number of ether oxygens (including phenoxy) is 3. The van der Waals surface area contributed by atoms with Gasteiger partial charge in [-0.3, -0.25) is 0 Å². The van der Waals surface area contributed by atoms with E-state index in [9.17, 15) is 4.79 Å². The van der Waals surface area contributed by atoms with Crippen molar-refractivity contribution >= 4 is 6.29 Å². The lowest BCUT2D eigenvalue weighted by atomic mass is 10.1. The molecule has 2 N–H and O–H groups in total. The van der Waals surface area contributed by atoms with E-state index >= 15 is 0 Å². The van der Waals surface area contributed by atoms with Crippen LogP contribution >= 0.6 is 0 Å². The van der Waals surface area contributed by atoms with Gasteiger partial charge in [0.15, 0.2) is 0 Å². The normalized spacial score (nSPS) is 11.8. The van der Waals surface area contributed by atoms with Gasteiger partial charge in [-0.05, 0) is 25.7 Å². The number of aldehydes is 1. The summed E-state index contributed by atoms with van der Waals surface area (Å²) in [5.74, 6) is 0. The zero-order chi connectivity index (χ0) is 17.9. The molecule has 0 atom stereocenters. The zero-order valence-electron chi connectivity index (χ0n) is 15.9. The summed E-state index contributed by atoms with van der Waals surface area (Å²) in [5.41, 5.74) is 5.84. The molecule has 0 heterocycles. The van der Waals surface area contributed by atoms with Crippen molar-refractivity contribution in [1.82, 2.24) is 0 Å². The lowest BCUT2D eigenvalue weighted by Gasteiger charge is -2.29. The monoisotopic (exact) mass is 345 g/mol. The highest BCUT2D eigenvalue weighted by molar-refractivity contribution is 5.48. The van der Waals surface area contributed by atoms with Gasteiger partial charge in [0.25, 0.3) is 0 Å². The maximum atomic E-state index is 10.3. The molecule has 144 valence electrons. The van der Waals surface area contributed by atoms with Crippen molar-refractivity contribution in [3.05, 3.63) is 0 Å². The molecule has 0 aromatic rings. The summed E-state index contributed by atoms with van der Waals surface area (Å²) in [4.78, 5) is 10.3. The Morgan fingerprint density at radius 3 is 1.54 bits per heavy atom. The molecule has 0 aliphatic heterocycles. The fraction of sp³-hybridized carbons (Fsp3) is 0.947. The summed E-state index contributed by atoms with van der Waals surface area (Å²) >= 11 is 0. The maximum Gasteiger partial charge on any atom is 0.119 e. The molecule has 0 aromatic carbocycles. The fourth-order valence-electron chi connectivity index (χ4n) is 2.29. The van der Waals surface area contributed by atoms with Crippen LogP contribution in [-0.4, -0.2) is 51.5 Å². The van der Waals surface area contributed by atoms with Crippen LogP contribution in [0.2, 0.25) is 0 Å². The first-order valence-corrected chi connectivity index (χ1v) is 9.64. The number of rotatable bonds is 19. The Morgan fingerprint density at radius 2 is 1.17 bits per heavy atom.